The lowest BCUT2D eigenvalue weighted by Gasteiger charge is -2.29. The van der Waals surface area contributed by atoms with E-state index in [0.717, 1.165) is 16.8 Å². The van der Waals surface area contributed by atoms with Crippen LogP contribution in [-0.2, 0) is 4.79 Å². The SMILES string of the molecule is Cc1ccc(Oc2cccc(F)c2)cc1N(C)[C@@H](C(N)=O)c1ccccc1. The molecular weight excluding hydrogens is 343 g/mol. The Bertz CT molecular complexity index is 944. The number of amides is 1. The number of hydrogen-bond acceptors (Lipinski definition) is 3. The number of hydrogen-bond donors (Lipinski definition) is 1. The third-order valence-electron chi connectivity index (χ3n) is 4.36. The zero-order valence-electron chi connectivity index (χ0n) is 15.2. The molecule has 1 amide bonds. The molecule has 5 heteroatoms. The van der Waals surface area contributed by atoms with Crippen LogP contribution in [0.4, 0.5) is 10.1 Å². The molecule has 3 rings (SSSR count). The van der Waals surface area contributed by atoms with E-state index in [9.17, 15) is 9.18 Å². The fraction of sp³-hybridized carbons (Fsp3) is 0.136. The molecule has 0 spiro atoms. The minimum absolute atomic E-state index is 0.366. The van der Waals surface area contributed by atoms with Crippen molar-refractivity contribution in [2.45, 2.75) is 13.0 Å². The van der Waals surface area contributed by atoms with Crippen LogP contribution in [-0.4, -0.2) is 13.0 Å². The van der Waals surface area contributed by atoms with Crippen LogP contribution < -0.4 is 15.4 Å². The largest absolute Gasteiger partial charge is 0.457 e. The lowest BCUT2D eigenvalue weighted by molar-refractivity contribution is -0.119. The number of rotatable bonds is 6. The number of benzene rings is 3. The Balaban J connectivity index is 1.94. The molecule has 0 radical (unpaired) electrons. The van der Waals surface area contributed by atoms with E-state index in [2.05, 4.69) is 0 Å². The molecule has 0 bridgehead atoms. The van der Waals surface area contributed by atoms with Crippen LogP contribution in [0, 0.1) is 12.7 Å². The number of anilines is 1. The number of primary amides is 1. The molecule has 0 aliphatic carbocycles. The highest BCUT2D eigenvalue weighted by Crippen LogP contribution is 2.33. The fourth-order valence-corrected chi connectivity index (χ4v) is 3.05. The number of carbonyl (C=O) groups is 1. The van der Waals surface area contributed by atoms with Crippen molar-refractivity contribution in [1.29, 1.82) is 0 Å². The van der Waals surface area contributed by atoms with Crippen LogP contribution in [0.1, 0.15) is 17.2 Å². The van der Waals surface area contributed by atoms with E-state index >= 15 is 0 Å². The van der Waals surface area contributed by atoms with Gasteiger partial charge in [0.1, 0.15) is 23.4 Å². The summed E-state index contributed by atoms with van der Waals surface area (Å²) < 4.78 is 19.2. The third kappa shape index (κ3) is 4.26. The van der Waals surface area contributed by atoms with Crippen LogP contribution in [0.25, 0.3) is 0 Å². The summed E-state index contributed by atoms with van der Waals surface area (Å²) >= 11 is 0. The van der Waals surface area contributed by atoms with E-state index in [4.69, 9.17) is 10.5 Å². The Hall–Kier alpha value is -3.34. The van der Waals surface area contributed by atoms with Crippen molar-refractivity contribution >= 4 is 11.6 Å². The lowest BCUT2D eigenvalue weighted by atomic mass is 10.0. The van der Waals surface area contributed by atoms with Crippen LogP contribution in [0.2, 0.25) is 0 Å². The summed E-state index contributed by atoms with van der Waals surface area (Å²) in [5.74, 6) is 0.140. The predicted octanol–water partition coefficient (Wildman–Crippen LogP) is 4.59. The number of halogens is 1. The number of carbonyl (C=O) groups excluding carboxylic acids is 1. The molecule has 2 N–H and O–H groups in total. The van der Waals surface area contributed by atoms with E-state index in [1.54, 1.807) is 18.2 Å². The minimum Gasteiger partial charge on any atom is -0.457 e. The van der Waals surface area contributed by atoms with E-state index in [1.165, 1.54) is 12.1 Å². The highest BCUT2D eigenvalue weighted by atomic mass is 19.1. The van der Waals surface area contributed by atoms with Gasteiger partial charge in [-0.1, -0.05) is 42.5 Å². The molecule has 0 fully saturated rings. The van der Waals surface area contributed by atoms with Gasteiger partial charge in [-0.15, -0.1) is 0 Å². The number of nitrogens with two attached hydrogens (primary N) is 1. The average Bonchev–Trinajstić information content (AvgIpc) is 2.64. The zero-order valence-corrected chi connectivity index (χ0v) is 15.2. The molecule has 0 unspecified atom stereocenters. The Labute approximate surface area is 158 Å². The Morgan fingerprint density at radius 2 is 1.70 bits per heavy atom. The highest BCUT2D eigenvalue weighted by Gasteiger charge is 2.24. The molecule has 1 atom stereocenters. The van der Waals surface area contributed by atoms with Gasteiger partial charge in [0.2, 0.25) is 5.91 Å². The standard InChI is InChI=1S/C22H21FN2O2/c1-15-11-12-19(27-18-10-6-9-17(23)13-18)14-20(15)25(2)21(22(24)26)16-7-4-3-5-8-16/h3-14,21H,1-2H3,(H2,24,26)/t21-/m1/s1. The summed E-state index contributed by atoms with van der Waals surface area (Å²) in [5.41, 5.74) is 8.26. The van der Waals surface area contributed by atoms with Gasteiger partial charge in [0.15, 0.2) is 0 Å². The average molecular weight is 364 g/mol. The van der Waals surface area contributed by atoms with Crippen LogP contribution in [0.5, 0.6) is 11.5 Å². The van der Waals surface area contributed by atoms with E-state index in [-0.39, 0.29) is 5.82 Å². The summed E-state index contributed by atoms with van der Waals surface area (Å²) in [6, 6.07) is 20.2. The summed E-state index contributed by atoms with van der Waals surface area (Å²) in [7, 11) is 1.82. The summed E-state index contributed by atoms with van der Waals surface area (Å²) in [6.45, 7) is 1.95. The Morgan fingerprint density at radius 3 is 2.37 bits per heavy atom. The van der Waals surface area contributed by atoms with Crippen molar-refractivity contribution < 1.29 is 13.9 Å². The van der Waals surface area contributed by atoms with Gasteiger partial charge in [-0.3, -0.25) is 4.79 Å². The van der Waals surface area contributed by atoms with Crippen LogP contribution in [0.15, 0.2) is 72.8 Å². The van der Waals surface area contributed by atoms with Gasteiger partial charge in [0.05, 0.1) is 0 Å². The molecule has 0 saturated heterocycles. The van der Waals surface area contributed by atoms with Gasteiger partial charge in [-0.05, 0) is 36.2 Å². The molecule has 0 aliphatic rings. The Kier molecular flexibility index (Phi) is 5.41. The predicted molar refractivity (Wildman–Crippen MR) is 104 cm³/mol. The molecule has 3 aromatic carbocycles. The van der Waals surface area contributed by atoms with E-state index < -0.39 is 11.9 Å². The van der Waals surface area contributed by atoms with Gasteiger partial charge in [-0.2, -0.15) is 0 Å². The zero-order chi connectivity index (χ0) is 19.4. The first kappa shape index (κ1) is 18.5. The first-order chi connectivity index (χ1) is 13.0. The number of likely N-dealkylation sites (N-methyl/N-ethyl adjacent to an activating group) is 1. The topological polar surface area (TPSA) is 55.6 Å². The van der Waals surface area contributed by atoms with Gasteiger partial charge >= 0.3 is 0 Å². The first-order valence-electron chi connectivity index (χ1n) is 8.57. The maximum absolute atomic E-state index is 13.4. The van der Waals surface area contributed by atoms with E-state index in [1.807, 2.05) is 61.3 Å². The molecule has 0 aromatic heterocycles. The summed E-state index contributed by atoms with van der Waals surface area (Å²) in [6.07, 6.45) is 0. The number of nitrogens with zero attached hydrogens (tertiary/aromatic N) is 1. The minimum atomic E-state index is -0.616. The smallest absolute Gasteiger partial charge is 0.244 e. The van der Waals surface area contributed by atoms with Crippen molar-refractivity contribution in [1.82, 2.24) is 0 Å². The molecule has 0 saturated carbocycles. The van der Waals surface area contributed by atoms with Gasteiger partial charge in [0.25, 0.3) is 0 Å². The second kappa shape index (κ2) is 7.91. The molecule has 0 heterocycles. The molecular formula is C22H21FN2O2. The normalized spacial score (nSPS) is 11.7. The summed E-state index contributed by atoms with van der Waals surface area (Å²) in [4.78, 5) is 14.0. The first-order valence-corrected chi connectivity index (χ1v) is 8.57. The van der Waals surface area contributed by atoms with Crippen molar-refractivity contribution in [2.75, 3.05) is 11.9 Å². The van der Waals surface area contributed by atoms with E-state index in [0.29, 0.717) is 11.5 Å². The summed E-state index contributed by atoms with van der Waals surface area (Å²) in [5, 5.41) is 0. The van der Waals surface area contributed by atoms with Crippen molar-refractivity contribution in [3.8, 4) is 11.5 Å². The third-order valence-corrected chi connectivity index (χ3v) is 4.36. The Morgan fingerprint density at radius 1 is 1.00 bits per heavy atom. The van der Waals surface area contributed by atoms with Crippen LogP contribution in [0.3, 0.4) is 0 Å². The van der Waals surface area contributed by atoms with Crippen molar-refractivity contribution in [3.63, 3.8) is 0 Å². The van der Waals surface area contributed by atoms with Gasteiger partial charge in [0, 0.05) is 24.9 Å². The lowest BCUT2D eigenvalue weighted by Crippen LogP contribution is -2.35. The fourth-order valence-electron chi connectivity index (χ4n) is 3.05. The maximum atomic E-state index is 13.4. The van der Waals surface area contributed by atoms with Gasteiger partial charge < -0.3 is 15.4 Å². The number of aryl methyl sites for hydroxylation is 1. The maximum Gasteiger partial charge on any atom is 0.244 e. The van der Waals surface area contributed by atoms with Crippen molar-refractivity contribution in [3.05, 3.63) is 89.7 Å². The molecule has 27 heavy (non-hydrogen) atoms. The molecule has 0 aliphatic heterocycles. The molecule has 3 aromatic rings. The monoisotopic (exact) mass is 364 g/mol. The quantitative estimate of drug-likeness (QED) is 0.696. The molecule has 138 valence electrons. The second-order valence-electron chi connectivity index (χ2n) is 6.33. The second-order valence-corrected chi connectivity index (χ2v) is 6.33. The van der Waals surface area contributed by atoms with Crippen molar-refractivity contribution in [2.24, 2.45) is 5.73 Å². The molecule has 4 nitrogen and oxygen atoms in total. The highest BCUT2D eigenvalue weighted by molar-refractivity contribution is 5.85. The number of ether oxygens (including phenoxy) is 1. The van der Waals surface area contributed by atoms with Crippen LogP contribution >= 0.6 is 0 Å². The van der Waals surface area contributed by atoms with Gasteiger partial charge in [-0.25, -0.2) is 4.39 Å².